The van der Waals surface area contributed by atoms with Crippen molar-refractivity contribution >= 4 is 26.7 Å². The van der Waals surface area contributed by atoms with E-state index in [4.69, 9.17) is 4.74 Å². The number of methoxy groups -OCH3 is 1. The van der Waals surface area contributed by atoms with Crippen LogP contribution in [-0.2, 0) is 17.3 Å². The molecule has 1 aliphatic heterocycles. The van der Waals surface area contributed by atoms with Gasteiger partial charge in [-0.2, -0.15) is 0 Å². The molecular weight excluding hydrogens is 302 g/mol. The SMILES string of the molecule is COc1ccc(Br)c(CN2CCS(=O)CC2)c1. The van der Waals surface area contributed by atoms with Gasteiger partial charge in [0.25, 0.3) is 0 Å². The van der Waals surface area contributed by atoms with E-state index < -0.39 is 10.8 Å². The third kappa shape index (κ3) is 3.53. The summed E-state index contributed by atoms with van der Waals surface area (Å²) >= 11 is 3.56. The van der Waals surface area contributed by atoms with Gasteiger partial charge < -0.3 is 4.74 Å². The van der Waals surface area contributed by atoms with Crippen molar-refractivity contribution < 1.29 is 8.95 Å². The highest BCUT2D eigenvalue weighted by molar-refractivity contribution is 9.10. The van der Waals surface area contributed by atoms with Gasteiger partial charge >= 0.3 is 0 Å². The fourth-order valence-electron chi connectivity index (χ4n) is 1.87. The van der Waals surface area contributed by atoms with E-state index >= 15 is 0 Å². The van der Waals surface area contributed by atoms with Crippen LogP contribution < -0.4 is 4.74 Å². The van der Waals surface area contributed by atoms with Gasteiger partial charge in [-0.25, -0.2) is 0 Å². The Bertz CT molecular complexity index is 415. The van der Waals surface area contributed by atoms with E-state index in [2.05, 4.69) is 26.9 Å². The van der Waals surface area contributed by atoms with E-state index in [9.17, 15) is 4.21 Å². The van der Waals surface area contributed by atoms with Gasteiger partial charge in [0.05, 0.1) is 7.11 Å². The Kier molecular flexibility index (Phi) is 4.59. The molecule has 0 amide bonds. The number of rotatable bonds is 3. The molecule has 0 bridgehead atoms. The first-order valence-electron chi connectivity index (χ1n) is 5.59. The largest absolute Gasteiger partial charge is 0.497 e. The quantitative estimate of drug-likeness (QED) is 0.854. The topological polar surface area (TPSA) is 29.5 Å². The molecule has 0 N–H and O–H groups in total. The lowest BCUT2D eigenvalue weighted by molar-refractivity contribution is 0.290. The summed E-state index contributed by atoms with van der Waals surface area (Å²) in [5.41, 5.74) is 1.22. The van der Waals surface area contributed by atoms with Crippen LogP contribution in [0.2, 0.25) is 0 Å². The number of ether oxygens (including phenoxy) is 1. The number of halogens is 1. The van der Waals surface area contributed by atoms with Crippen molar-refractivity contribution in [1.29, 1.82) is 0 Å². The highest BCUT2D eigenvalue weighted by atomic mass is 79.9. The van der Waals surface area contributed by atoms with Crippen LogP contribution in [0.5, 0.6) is 5.75 Å². The van der Waals surface area contributed by atoms with Crippen LogP contribution in [0.25, 0.3) is 0 Å². The summed E-state index contributed by atoms with van der Waals surface area (Å²) in [4.78, 5) is 2.33. The molecule has 1 aliphatic rings. The highest BCUT2D eigenvalue weighted by Gasteiger charge is 2.16. The smallest absolute Gasteiger partial charge is 0.119 e. The average molecular weight is 318 g/mol. The van der Waals surface area contributed by atoms with Gasteiger partial charge in [0.1, 0.15) is 5.75 Å². The summed E-state index contributed by atoms with van der Waals surface area (Å²) in [5, 5.41) is 0. The van der Waals surface area contributed by atoms with Crippen LogP contribution >= 0.6 is 15.9 Å². The zero-order valence-electron chi connectivity index (χ0n) is 9.82. The van der Waals surface area contributed by atoms with E-state index in [-0.39, 0.29) is 0 Å². The van der Waals surface area contributed by atoms with Gasteiger partial charge in [0, 0.05) is 46.4 Å². The molecule has 0 aromatic heterocycles. The molecule has 1 aromatic rings. The molecule has 0 atom stereocenters. The monoisotopic (exact) mass is 317 g/mol. The summed E-state index contributed by atoms with van der Waals surface area (Å²) in [6, 6.07) is 6.00. The van der Waals surface area contributed by atoms with Crippen molar-refractivity contribution in [2.75, 3.05) is 31.7 Å². The third-order valence-electron chi connectivity index (χ3n) is 2.92. The molecule has 0 saturated carbocycles. The Hall–Kier alpha value is -0.390. The van der Waals surface area contributed by atoms with Crippen molar-refractivity contribution in [2.24, 2.45) is 0 Å². The van der Waals surface area contributed by atoms with Gasteiger partial charge in [0.15, 0.2) is 0 Å². The second-order valence-corrected chi connectivity index (χ2v) is 6.63. The summed E-state index contributed by atoms with van der Waals surface area (Å²) in [6.45, 7) is 2.71. The van der Waals surface area contributed by atoms with Gasteiger partial charge in [-0.05, 0) is 23.8 Å². The molecule has 1 saturated heterocycles. The summed E-state index contributed by atoms with van der Waals surface area (Å²) in [6.07, 6.45) is 0. The molecule has 1 heterocycles. The lowest BCUT2D eigenvalue weighted by atomic mass is 10.2. The maximum atomic E-state index is 11.3. The van der Waals surface area contributed by atoms with E-state index in [1.54, 1.807) is 7.11 Å². The second-order valence-electron chi connectivity index (χ2n) is 4.08. The van der Waals surface area contributed by atoms with Crippen LogP contribution in [0.3, 0.4) is 0 Å². The predicted molar refractivity (Wildman–Crippen MR) is 73.8 cm³/mol. The summed E-state index contributed by atoms with van der Waals surface area (Å²) < 4.78 is 17.6. The molecule has 94 valence electrons. The zero-order valence-corrected chi connectivity index (χ0v) is 12.2. The fourth-order valence-corrected chi connectivity index (χ4v) is 3.37. The first-order valence-corrected chi connectivity index (χ1v) is 7.87. The fraction of sp³-hybridized carbons (Fsp3) is 0.500. The molecule has 0 spiro atoms. The van der Waals surface area contributed by atoms with Gasteiger partial charge in [-0.3, -0.25) is 9.11 Å². The Morgan fingerprint density at radius 1 is 1.41 bits per heavy atom. The van der Waals surface area contributed by atoms with Gasteiger partial charge in [0.2, 0.25) is 0 Å². The van der Waals surface area contributed by atoms with Crippen molar-refractivity contribution in [3.63, 3.8) is 0 Å². The van der Waals surface area contributed by atoms with Crippen LogP contribution in [0, 0.1) is 0 Å². The Morgan fingerprint density at radius 3 is 2.76 bits per heavy atom. The number of nitrogens with zero attached hydrogens (tertiary/aromatic N) is 1. The molecule has 0 aliphatic carbocycles. The molecular formula is C12H16BrNO2S. The van der Waals surface area contributed by atoms with Crippen molar-refractivity contribution in [1.82, 2.24) is 4.90 Å². The zero-order chi connectivity index (χ0) is 12.3. The molecule has 1 fully saturated rings. The maximum absolute atomic E-state index is 11.3. The Morgan fingerprint density at radius 2 is 2.12 bits per heavy atom. The number of hydrogen-bond donors (Lipinski definition) is 0. The van der Waals surface area contributed by atoms with Crippen LogP contribution in [0.15, 0.2) is 22.7 Å². The van der Waals surface area contributed by atoms with Crippen LogP contribution in [0.1, 0.15) is 5.56 Å². The van der Waals surface area contributed by atoms with Crippen molar-refractivity contribution in [2.45, 2.75) is 6.54 Å². The minimum atomic E-state index is -0.608. The normalized spacial score (nSPS) is 18.2. The summed E-state index contributed by atoms with van der Waals surface area (Å²) in [7, 11) is 1.07. The lowest BCUT2D eigenvalue weighted by Gasteiger charge is -2.26. The minimum absolute atomic E-state index is 0.608. The molecule has 0 radical (unpaired) electrons. The molecule has 3 nitrogen and oxygen atoms in total. The Balaban J connectivity index is 2.04. The first-order chi connectivity index (χ1) is 8.19. The van der Waals surface area contributed by atoms with Crippen molar-refractivity contribution in [3.8, 4) is 5.75 Å². The van der Waals surface area contributed by atoms with E-state index in [0.29, 0.717) is 0 Å². The third-order valence-corrected chi connectivity index (χ3v) is 4.97. The Labute approximate surface area is 113 Å². The molecule has 1 aromatic carbocycles. The highest BCUT2D eigenvalue weighted by Crippen LogP contribution is 2.24. The molecule has 17 heavy (non-hydrogen) atoms. The minimum Gasteiger partial charge on any atom is -0.497 e. The standard InChI is InChI=1S/C12H16BrNO2S/c1-16-11-2-3-12(13)10(8-11)9-14-4-6-17(15)7-5-14/h2-3,8H,4-7,9H2,1H3. The van der Waals surface area contributed by atoms with Gasteiger partial charge in [-0.15, -0.1) is 0 Å². The lowest BCUT2D eigenvalue weighted by Crippen LogP contribution is -2.37. The van der Waals surface area contributed by atoms with E-state index in [1.165, 1.54) is 5.56 Å². The van der Waals surface area contributed by atoms with Gasteiger partial charge in [-0.1, -0.05) is 15.9 Å². The number of benzene rings is 1. The predicted octanol–water partition coefficient (Wildman–Crippen LogP) is 2.02. The van der Waals surface area contributed by atoms with E-state index in [1.807, 2.05) is 12.1 Å². The molecule has 2 rings (SSSR count). The molecule has 0 unspecified atom stereocenters. The molecule has 5 heteroatoms. The first kappa shape index (κ1) is 13.1. The second kappa shape index (κ2) is 5.98. The van der Waals surface area contributed by atoms with Crippen LogP contribution in [0.4, 0.5) is 0 Å². The van der Waals surface area contributed by atoms with Crippen LogP contribution in [-0.4, -0.2) is 40.8 Å². The summed E-state index contributed by atoms with van der Waals surface area (Å²) in [5.74, 6) is 2.46. The van der Waals surface area contributed by atoms with Crippen molar-refractivity contribution in [3.05, 3.63) is 28.2 Å². The maximum Gasteiger partial charge on any atom is 0.119 e. The van der Waals surface area contributed by atoms with E-state index in [0.717, 1.165) is 41.4 Å². The number of hydrogen-bond acceptors (Lipinski definition) is 3. The average Bonchev–Trinajstić information content (AvgIpc) is 2.35.